The number of nitrogens with zero attached hydrogens (tertiary/aromatic N) is 3. The Balaban J connectivity index is 1.64. The molecule has 0 bridgehead atoms. The highest BCUT2D eigenvalue weighted by Crippen LogP contribution is 2.48. The second kappa shape index (κ2) is 10.8. The molecule has 0 aliphatic carbocycles. The van der Waals surface area contributed by atoms with Crippen molar-refractivity contribution in [2.24, 2.45) is 14.1 Å². The number of fused-ring (bicyclic) bond motifs is 11. The molecule has 0 N–H and O–H groups in total. The number of benzene rings is 5. The third-order valence-electron chi connectivity index (χ3n) is 10.5. The molecule has 46 heavy (non-hydrogen) atoms. The Hall–Kier alpha value is -4.50. The van der Waals surface area contributed by atoms with Gasteiger partial charge in [-0.3, -0.25) is 0 Å². The molecule has 0 atom stereocenters. The summed E-state index contributed by atoms with van der Waals surface area (Å²) in [4.78, 5) is 0. The molecule has 232 valence electrons. The van der Waals surface area contributed by atoms with Crippen LogP contribution in [0.4, 0.5) is 0 Å². The van der Waals surface area contributed by atoms with Gasteiger partial charge in [0.15, 0.2) is 0 Å². The molecular weight excluding hydrogens is 558 g/mol. The van der Waals surface area contributed by atoms with Gasteiger partial charge in [0.25, 0.3) is 0 Å². The predicted octanol–water partition coefficient (Wildman–Crippen LogP) is 11.6. The first-order valence-corrected chi connectivity index (χ1v) is 17.2. The maximum absolute atomic E-state index is 2.65. The summed E-state index contributed by atoms with van der Waals surface area (Å²) in [5.74, 6) is 0. The van der Waals surface area contributed by atoms with Crippen LogP contribution in [0.15, 0.2) is 91.0 Å². The molecule has 0 saturated carbocycles. The second-order valence-corrected chi connectivity index (χ2v) is 14.5. The average molecular weight is 604 g/mol. The van der Waals surface area contributed by atoms with Crippen molar-refractivity contribution >= 4 is 65.4 Å². The van der Waals surface area contributed by atoms with Crippen LogP contribution in [-0.2, 0) is 32.5 Å². The van der Waals surface area contributed by atoms with Gasteiger partial charge >= 0.3 is 0 Å². The lowest BCUT2D eigenvalue weighted by Gasteiger charge is -2.22. The minimum atomic E-state index is -0.0260. The molecule has 3 nitrogen and oxygen atoms in total. The van der Waals surface area contributed by atoms with Crippen LogP contribution in [0.2, 0.25) is 0 Å². The van der Waals surface area contributed by atoms with E-state index in [1.807, 2.05) is 0 Å². The zero-order valence-corrected chi connectivity index (χ0v) is 28.2. The van der Waals surface area contributed by atoms with Gasteiger partial charge in [-0.15, -0.1) is 0 Å². The predicted molar refractivity (Wildman–Crippen MR) is 199 cm³/mol. The minimum Gasteiger partial charge on any atom is -0.343 e. The molecule has 0 spiro atoms. The molecular formula is C43H45N3. The van der Waals surface area contributed by atoms with E-state index in [2.05, 4.69) is 146 Å². The van der Waals surface area contributed by atoms with Crippen LogP contribution in [0, 0.1) is 0 Å². The lowest BCUT2D eigenvalue weighted by molar-refractivity contribution is 0.593. The van der Waals surface area contributed by atoms with Crippen molar-refractivity contribution in [1.82, 2.24) is 13.7 Å². The van der Waals surface area contributed by atoms with Crippen molar-refractivity contribution in [2.75, 3.05) is 0 Å². The van der Waals surface area contributed by atoms with Crippen LogP contribution in [0.5, 0.6) is 0 Å². The quantitative estimate of drug-likeness (QED) is 0.161. The molecule has 0 unspecified atom stereocenters. The van der Waals surface area contributed by atoms with Crippen molar-refractivity contribution < 1.29 is 0 Å². The minimum absolute atomic E-state index is 0.0260. The van der Waals surface area contributed by atoms with Gasteiger partial charge in [0.2, 0.25) is 0 Å². The number of unbranched alkanes of at least 4 members (excludes halogenated alkanes) is 3. The SMILES string of the molecule is CCCCCCc1cc2c(c3c4ccccc4n(C)c13)c1c3c4ccccc4n(C)c3c(C(C)(C)C)cc1n2Cc1ccccc1. The monoisotopic (exact) mass is 603 g/mol. The maximum Gasteiger partial charge on any atom is 0.0534 e. The van der Waals surface area contributed by atoms with Crippen LogP contribution in [0.3, 0.4) is 0 Å². The number of rotatable bonds is 7. The van der Waals surface area contributed by atoms with Gasteiger partial charge in [0, 0.05) is 64.0 Å². The molecule has 0 amide bonds. The van der Waals surface area contributed by atoms with E-state index < -0.39 is 0 Å². The Bertz CT molecular complexity index is 2420. The molecule has 0 aliphatic heterocycles. The lowest BCUT2D eigenvalue weighted by atomic mass is 9.84. The van der Waals surface area contributed by atoms with Gasteiger partial charge in [-0.1, -0.05) is 114 Å². The fourth-order valence-electron chi connectivity index (χ4n) is 8.33. The molecule has 3 heterocycles. The highest BCUT2D eigenvalue weighted by atomic mass is 15.0. The number of aryl methyl sites for hydroxylation is 3. The summed E-state index contributed by atoms with van der Waals surface area (Å²) >= 11 is 0. The van der Waals surface area contributed by atoms with Gasteiger partial charge in [-0.25, -0.2) is 0 Å². The summed E-state index contributed by atoms with van der Waals surface area (Å²) < 4.78 is 7.57. The Morgan fingerprint density at radius 1 is 0.565 bits per heavy atom. The molecule has 3 heteroatoms. The zero-order chi connectivity index (χ0) is 31.7. The lowest BCUT2D eigenvalue weighted by Crippen LogP contribution is -2.13. The van der Waals surface area contributed by atoms with E-state index in [-0.39, 0.29) is 5.41 Å². The van der Waals surface area contributed by atoms with Crippen LogP contribution in [0.1, 0.15) is 70.1 Å². The van der Waals surface area contributed by atoms with Crippen molar-refractivity contribution in [1.29, 1.82) is 0 Å². The highest BCUT2D eigenvalue weighted by molar-refractivity contribution is 6.36. The van der Waals surface area contributed by atoms with Gasteiger partial charge in [-0.05, 0) is 59.2 Å². The summed E-state index contributed by atoms with van der Waals surface area (Å²) in [7, 11) is 4.54. The van der Waals surface area contributed by atoms with Crippen molar-refractivity contribution in [3.8, 4) is 0 Å². The fourth-order valence-corrected chi connectivity index (χ4v) is 8.33. The third kappa shape index (κ3) is 4.24. The summed E-state index contributed by atoms with van der Waals surface area (Å²) in [6.07, 6.45) is 6.14. The van der Waals surface area contributed by atoms with Gasteiger partial charge in [-0.2, -0.15) is 0 Å². The van der Waals surface area contributed by atoms with Crippen LogP contribution in [0.25, 0.3) is 65.4 Å². The normalized spacial score (nSPS) is 12.7. The van der Waals surface area contributed by atoms with E-state index in [9.17, 15) is 0 Å². The summed E-state index contributed by atoms with van der Waals surface area (Å²) in [6, 6.07) is 34.2. The van der Waals surface area contributed by atoms with E-state index in [0.717, 1.165) is 13.0 Å². The van der Waals surface area contributed by atoms with Crippen LogP contribution < -0.4 is 0 Å². The van der Waals surface area contributed by atoms with Crippen molar-refractivity contribution in [3.05, 3.63) is 108 Å². The second-order valence-electron chi connectivity index (χ2n) is 14.5. The first-order chi connectivity index (χ1) is 22.3. The molecule has 0 fully saturated rings. The first kappa shape index (κ1) is 28.9. The molecule has 0 aliphatic rings. The average Bonchev–Trinajstić information content (AvgIpc) is 3.64. The summed E-state index contributed by atoms with van der Waals surface area (Å²) in [6.45, 7) is 10.2. The number of hydrogen-bond acceptors (Lipinski definition) is 0. The van der Waals surface area contributed by atoms with Gasteiger partial charge in [0.1, 0.15) is 0 Å². The Morgan fingerprint density at radius 2 is 1.13 bits per heavy atom. The van der Waals surface area contributed by atoms with E-state index >= 15 is 0 Å². The standard InChI is InChI=1S/C43H45N3/c1-7-8-9-13-20-29-25-35-39(37-30-21-14-16-23-33(30)44(5)41(29)37)40-36(46(35)27-28-18-11-10-12-19-28)26-32(43(2,3)4)42-38(40)31-22-15-17-24-34(31)45(42)6/h10-12,14-19,21-26H,7-9,13,20,27H2,1-6H3. The Labute approximate surface area is 272 Å². The molecule has 0 radical (unpaired) electrons. The summed E-state index contributed by atoms with van der Waals surface area (Å²) in [5.41, 5.74) is 12.2. The third-order valence-corrected chi connectivity index (χ3v) is 10.5. The van der Waals surface area contributed by atoms with E-state index in [0.29, 0.717) is 0 Å². The van der Waals surface area contributed by atoms with Crippen molar-refractivity contribution in [3.63, 3.8) is 0 Å². The smallest absolute Gasteiger partial charge is 0.0534 e. The molecule has 5 aromatic carbocycles. The molecule has 0 saturated heterocycles. The van der Waals surface area contributed by atoms with Crippen LogP contribution in [-0.4, -0.2) is 13.7 Å². The number of aromatic nitrogens is 3. The maximum atomic E-state index is 2.65. The summed E-state index contributed by atoms with van der Waals surface area (Å²) in [5, 5.41) is 8.29. The largest absolute Gasteiger partial charge is 0.343 e. The highest BCUT2D eigenvalue weighted by Gasteiger charge is 2.28. The molecule has 8 aromatic rings. The number of hydrogen-bond donors (Lipinski definition) is 0. The fraction of sp³-hybridized carbons (Fsp3) is 0.302. The first-order valence-electron chi connectivity index (χ1n) is 17.2. The van der Waals surface area contributed by atoms with E-state index in [1.165, 1.54) is 108 Å². The Morgan fingerprint density at radius 3 is 1.76 bits per heavy atom. The van der Waals surface area contributed by atoms with Crippen LogP contribution >= 0.6 is 0 Å². The number of para-hydroxylation sites is 2. The zero-order valence-electron chi connectivity index (χ0n) is 28.2. The van der Waals surface area contributed by atoms with Gasteiger partial charge in [0.05, 0.1) is 22.1 Å². The van der Waals surface area contributed by atoms with E-state index in [4.69, 9.17) is 0 Å². The van der Waals surface area contributed by atoms with Crippen molar-refractivity contribution in [2.45, 2.75) is 71.8 Å². The van der Waals surface area contributed by atoms with E-state index in [1.54, 1.807) is 0 Å². The molecule has 8 rings (SSSR count). The van der Waals surface area contributed by atoms with Gasteiger partial charge < -0.3 is 13.7 Å². The Kier molecular flexibility index (Phi) is 6.79. The molecule has 3 aromatic heterocycles. The topological polar surface area (TPSA) is 14.8 Å².